The van der Waals surface area contributed by atoms with Gasteiger partial charge in [-0.15, -0.1) is 11.3 Å². The van der Waals surface area contributed by atoms with E-state index in [0.717, 1.165) is 21.7 Å². The summed E-state index contributed by atoms with van der Waals surface area (Å²) in [5, 5.41) is 0.640. The lowest BCUT2D eigenvalue weighted by Crippen LogP contribution is -3.06. The summed E-state index contributed by atoms with van der Waals surface area (Å²) in [5.41, 5.74) is 0.685. The lowest BCUT2D eigenvalue weighted by molar-refractivity contribution is -0.908. The van der Waals surface area contributed by atoms with Crippen molar-refractivity contribution in [2.75, 3.05) is 7.05 Å². The number of halogens is 1. The number of nitrogens with zero attached hydrogens (tertiary/aromatic N) is 1. The molecular formula is C15H15BrN3OS+. The average molecular weight is 365 g/mol. The first-order chi connectivity index (χ1) is 10.1. The number of hydrogen-bond acceptors (Lipinski definition) is 3. The van der Waals surface area contributed by atoms with E-state index < -0.39 is 0 Å². The predicted octanol–water partition coefficient (Wildman–Crippen LogP) is 1.96. The van der Waals surface area contributed by atoms with Gasteiger partial charge in [0.05, 0.1) is 26.6 Å². The van der Waals surface area contributed by atoms with E-state index >= 15 is 0 Å². The number of thiophene rings is 1. The van der Waals surface area contributed by atoms with Crippen LogP contribution in [0.4, 0.5) is 0 Å². The second kappa shape index (κ2) is 6.09. The SMILES string of the molecule is C[NH+](Cc1nc2ccccc2c(=O)[nH]1)Cc1ccc(Br)s1. The van der Waals surface area contributed by atoms with Crippen LogP contribution in [0.15, 0.2) is 45.0 Å². The normalized spacial score (nSPS) is 12.7. The zero-order chi connectivity index (χ0) is 14.8. The van der Waals surface area contributed by atoms with Crippen LogP contribution in [0.25, 0.3) is 10.9 Å². The van der Waals surface area contributed by atoms with Crippen LogP contribution in [0.3, 0.4) is 0 Å². The molecule has 0 saturated carbocycles. The average Bonchev–Trinajstić information content (AvgIpc) is 2.84. The molecule has 0 spiro atoms. The molecule has 0 fully saturated rings. The molecule has 2 aromatic heterocycles. The summed E-state index contributed by atoms with van der Waals surface area (Å²) in [5.74, 6) is 0.729. The van der Waals surface area contributed by atoms with Crippen LogP contribution in [0.5, 0.6) is 0 Å². The first kappa shape index (κ1) is 14.4. The Bertz CT molecular complexity index is 827. The molecule has 6 heteroatoms. The monoisotopic (exact) mass is 364 g/mol. The highest BCUT2D eigenvalue weighted by molar-refractivity contribution is 9.11. The number of hydrogen-bond donors (Lipinski definition) is 2. The number of para-hydroxylation sites is 1. The fourth-order valence-corrected chi connectivity index (χ4v) is 3.91. The van der Waals surface area contributed by atoms with Crippen LogP contribution in [0, 0.1) is 0 Å². The van der Waals surface area contributed by atoms with E-state index in [1.165, 1.54) is 9.78 Å². The maximum Gasteiger partial charge on any atom is 0.258 e. The van der Waals surface area contributed by atoms with Crippen LogP contribution >= 0.6 is 27.3 Å². The number of nitrogens with one attached hydrogen (secondary N) is 2. The Balaban J connectivity index is 1.79. The first-order valence-corrected chi connectivity index (χ1v) is 8.26. The van der Waals surface area contributed by atoms with Crippen LogP contribution in [0.1, 0.15) is 10.7 Å². The summed E-state index contributed by atoms with van der Waals surface area (Å²) in [4.78, 5) is 22.0. The molecule has 2 heterocycles. The molecule has 1 aromatic carbocycles. The van der Waals surface area contributed by atoms with Gasteiger partial charge in [-0.3, -0.25) is 4.79 Å². The maximum atomic E-state index is 12.0. The smallest absolute Gasteiger partial charge is 0.258 e. The number of benzene rings is 1. The predicted molar refractivity (Wildman–Crippen MR) is 88.7 cm³/mol. The summed E-state index contributed by atoms with van der Waals surface area (Å²) in [7, 11) is 2.10. The van der Waals surface area contributed by atoms with Crippen LogP contribution < -0.4 is 10.5 Å². The van der Waals surface area contributed by atoms with E-state index in [1.54, 1.807) is 17.4 Å². The minimum atomic E-state index is -0.0673. The summed E-state index contributed by atoms with van der Waals surface area (Å²) in [6.45, 7) is 1.60. The van der Waals surface area contributed by atoms with Gasteiger partial charge < -0.3 is 9.88 Å². The topological polar surface area (TPSA) is 50.2 Å². The second-order valence-electron chi connectivity index (χ2n) is 5.05. The van der Waals surface area contributed by atoms with E-state index in [2.05, 4.69) is 45.1 Å². The van der Waals surface area contributed by atoms with Crippen molar-refractivity contribution in [1.82, 2.24) is 9.97 Å². The standard InChI is InChI=1S/C15H14BrN3OS/c1-19(8-10-6-7-13(16)21-10)9-14-17-12-5-3-2-4-11(12)15(20)18-14/h2-7H,8-9H2,1H3,(H,17,18,20)/p+1. The lowest BCUT2D eigenvalue weighted by atomic mass is 10.2. The minimum Gasteiger partial charge on any atom is -0.327 e. The summed E-state index contributed by atoms with van der Waals surface area (Å²) in [6, 6.07) is 11.6. The van der Waals surface area contributed by atoms with Gasteiger partial charge >= 0.3 is 0 Å². The lowest BCUT2D eigenvalue weighted by Gasteiger charge is -2.12. The van der Waals surface area contributed by atoms with Gasteiger partial charge in [0, 0.05) is 0 Å². The number of rotatable bonds is 4. The Hall–Kier alpha value is -1.50. The van der Waals surface area contributed by atoms with E-state index in [0.29, 0.717) is 11.9 Å². The molecule has 3 aromatic rings. The van der Waals surface area contributed by atoms with Crippen molar-refractivity contribution in [2.45, 2.75) is 13.1 Å². The van der Waals surface area contributed by atoms with Gasteiger partial charge in [0.25, 0.3) is 5.56 Å². The van der Waals surface area contributed by atoms with Crippen molar-refractivity contribution in [3.63, 3.8) is 0 Å². The third-order valence-corrected chi connectivity index (χ3v) is 4.86. The van der Waals surface area contributed by atoms with Gasteiger partial charge in [0.1, 0.15) is 13.1 Å². The maximum absolute atomic E-state index is 12.0. The number of aromatic amines is 1. The van der Waals surface area contributed by atoms with Crippen molar-refractivity contribution < 1.29 is 4.90 Å². The molecule has 0 amide bonds. The van der Waals surface area contributed by atoms with Gasteiger partial charge in [-0.2, -0.15) is 0 Å². The molecule has 0 aliphatic carbocycles. The first-order valence-electron chi connectivity index (χ1n) is 6.65. The summed E-state index contributed by atoms with van der Waals surface area (Å²) in [6.07, 6.45) is 0. The molecule has 0 aliphatic rings. The highest BCUT2D eigenvalue weighted by Gasteiger charge is 2.10. The molecule has 4 nitrogen and oxygen atoms in total. The molecule has 1 unspecified atom stereocenters. The number of quaternary nitrogens is 1. The Morgan fingerprint density at radius 1 is 1.24 bits per heavy atom. The highest BCUT2D eigenvalue weighted by atomic mass is 79.9. The zero-order valence-electron chi connectivity index (χ0n) is 11.5. The number of aromatic nitrogens is 2. The van der Waals surface area contributed by atoms with Gasteiger partial charge in [-0.1, -0.05) is 12.1 Å². The van der Waals surface area contributed by atoms with E-state index in [1.807, 2.05) is 18.2 Å². The van der Waals surface area contributed by atoms with Crippen LogP contribution in [0.2, 0.25) is 0 Å². The molecule has 0 saturated heterocycles. The van der Waals surface area contributed by atoms with Gasteiger partial charge in [-0.05, 0) is 40.2 Å². The number of H-pyrrole nitrogens is 1. The van der Waals surface area contributed by atoms with Crippen molar-refractivity contribution in [1.29, 1.82) is 0 Å². The van der Waals surface area contributed by atoms with E-state index in [9.17, 15) is 4.79 Å². The molecular weight excluding hydrogens is 350 g/mol. The molecule has 21 heavy (non-hydrogen) atoms. The molecule has 2 N–H and O–H groups in total. The quantitative estimate of drug-likeness (QED) is 0.743. The molecule has 108 valence electrons. The minimum absolute atomic E-state index is 0.0673. The third kappa shape index (κ3) is 3.40. The van der Waals surface area contributed by atoms with Crippen molar-refractivity contribution in [3.8, 4) is 0 Å². The highest BCUT2D eigenvalue weighted by Crippen LogP contribution is 2.21. The number of fused-ring (bicyclic) bond motifs is 1. The fraction of sp³-hybridized carbons (Fsp3) is 0.200. The van der Waals surface area contributed by atoms with E-state index in [-0.39, 0.29) is 5.56 Å². The van der Waals surface area contributed by atoms with Gasteiger partial charge in [0.2, 0.25) is 0 Å². The zero-order valence-corrected chi connectivity index (χ0v) is 13.9. The Morgan fingerprint density at radius 2 is 2.05 bits per heavy atom. The molecule has 1 atom stereocenters. The molecule has 0 bridgehead atoms. The van der Waals surface area contributed by atoms with Crippen LogP contribution in [-0.4, -0.2) is 17.0 Å². The fourth-order valence-electron chi connectivity index (χ4n) is 2.31. The molecule has 3 rings (SSSR count). The largest absolute Gasteiger partial charge is 0.327 e. The van der Waals surface area contributed by atoms with Crippen molar-refractivity contribution >= 4 is 38.2 Å². The second-order valence-corrected chi connectivity index (χ2v) is 7.59. The van der Waals surface area contributed by atoms with Gasteiger partial charge in [-0.25, -0.2) is 4.98 Å². The molecule has 0 aliphatic heterocycles. The Morgan fingerprint density at radius 3 is 2.81 bits per heavy atom. The molecule has 0 radical (unpaired) electrons. The van der Waals surface area contributed by atoms with Crippen LogP contribution in [-0.2, 0) is 13.1 Å². The van der Waals surface area contributed by atoms with E-state index in [4.69, 9.17) is 0 Å². The Kier molecular flexibility index (Phi) is 4.19. The summed E-state index contributed by atoms with van der Waals surface area (Å²) < 4.78 is 1.14. The third-order valence-electron chi connectivity index (χ3n) is 3.24. The Labute approximate surface area is 134 Å². The van der Waals surface area contributed by atoms with Crippen molar-refractivity contribution in [3.05, 3.63) is 61.2 Å². The van der Waals surface area contributed by atoms with Crippen molar-refractivity contribution in [2.24, 2.45) is 0 Å². The van der Waals surface area contributed by atoms with Gasteiger partial charge in [0.15, 0.2) is 5.82 Å². The summed E-state index contributed by atoms with van der Waals surface area (Å²) >= 11 is 5.21.